The summed E-state index contributed by atoms with van der Waals surface area (Å²) in [5.74, 6) is -1.47. The lowest BCUT2D eigenvalue weighted by atomic mass is 9.85. The van der Waals surface area contributed by atoms with Crippen molar-refractivity contribution >= 4 is 17.5 Å². The second-order valence-electron chi connectivity index (χ2n) is 6.61. The van der Waals surface area contributed by atoms with Gasteiger partial charge in [-0.15, -0.1) is 0 Å². The summed E-state index contributed by atoms with van der Waals surface area (Å²) < 4.78 is 39.9. The van der Waals surface area contributed by atoms with Crippen LogP contribution < -0.4 is 10.6 Å². The Balaban J connectivity index is 1.63. The Morgan fingerprint density at radius 2 is 1.89 bits per heavy atom. The summed E-state index contributed by atoms with van der Waals surface area (Å²) in [6.07, 6.45) is -4.08. The lowest BCUT2D eigenvalue weighted by molar-refractivity contribution is -0.142. The fourth-order valence-corrected chi connectivity index (χ4v) is 3.23. The van der Waals surface area contributed by atoms with Crippen LogP contribution in [0.2, 0.25) is 0 Å². The first kappa shape index (κ1) is 19.8. The van der Waals surface area contributed by atoms with Gasteiger partial charge in [-0.05, 0) is 38.3 Å². The molecule has 0 aliphatic heterocycles. The highest BCUT2D eigenvalue weighted by Gasteiger charge is 2.39. The molecule has 0 fully saturated rings. The van der Waals surface area contributed by atoms with E-state index in [2.05, 4.69) is 20.6 Å². The van der Waals surface area contributed by atoms with Crippen LogP contribution in [0, 0.1) is 12.8 Å². The van der Waals surface area contributed by atoms with Gasteiger partial charge < -0.3 is 10.6 Å². The number of hydrogen-bond donors (Lipinski definition) is 2. The molecule has 1 unspecified atom stereocenters. The maximum Gasteiger partial charge on any atom is 0.433 e. The van der Waals surface area contributed by atoms with Crippen molar-refractivity contribution in [3.05, 3.63) is 53.1 Å². The molecule has 0 bridgehead atoms. The molecule has 2 N–H and O–H groups in total. The fourth-order valence-electron chi connectivity index (χ4n) is 3.23. The number of benzene rings is 1. The Bertz CT molecular complexity index is 885. The molecule has 1 aromatic carbocycles. The minimum atomic E-state index is -4.61. The molecule has 1 aliphatic carbocycles. The Morgan fingerprint density at radius 1 is 1.18 bits per heavy atom. The third-order valence-corrected chi connectivity index (χ3v) is 4.50. The first-order chi connectivity index (χ1) is 13.2. The maximum atomic E-state index is 13.3. The van der Waals surface area contributed by atoms with Crippen LogP contribution in [0.5, 0.6) is 0 Å². The van der Waals surface area contributed by atoms with Crippen molar-refractivity contribution in [1.29, 1.82) is 0 Å². The minimum absolute atomic E-state index is 0.0294. The number of rotatable bonds is 4. The number of anilines is 1. The van der Waals surface area contributed by atoms with Gasteiger partial charge in [-0.3, -0.25) is 9.59 Å². The van der Waals surface area contributed by atoms with E-state index >= 15 is 0 Å². The molecule has 0 radical (unpaired) electrons. The Kier molecular flexibility index (Phi) is 5.62. The number of para-hydroxylation sites is 1. The molecule has 28 heavy (non-hydrogen) atoms. The molecule has 6 nitrogen and oxygen atoms in total. The Hall–Kier alpha value is -2.97. The van der Waals surface area contributed by atoms with Crippen molar-refractivity contribution in [3.8, 4) is 0 Å². The number of carbonyl (C=O) groups excluding carboxylic acids is 2. The second-order valence-corrected chi connectivity index (χ2v) is 6.61. The van der Waals surface area contributed by atoms with E-state index in [1.165, 1.54) is 6.92 Å². The van der Waals surface area contributed by atoms with E-state index in [1.807, 2.05) is 0 Å². The van der Waals surface area contributed by atoms with Crippen LogP contribution in [0.1, 0.15) is 29.2 Å². The van der Waals surface area contributed by atoms with Crippen molar-refractivity contribution in [1.82, 2.24) is 15.3 Å². The second kappa shape index (κ2) is 7.95. The fraction of sp³-hybridized carbons (Fsp3) is 0.368. The summed E-state index contributed by atoms with van der Waals surface area (Å²) in [6, 6.07) is 8.74. The number of hydrogen-bond acceptors (Lipinski definition) is 4. The van der Waals surface area contributed by atoms with Gasteiger partial charge in [0.2, 0.25) is 11.8 Å². The molecule has 148 valence electrons. The summed E-state index contributed by atoms with van der Waals surface area (Å²) in [6.45, 7) is 1.16. The Labute approximate surface area is 159 Å². The van der Waals surface area contributed by atoms with Gasteiger partial charge in [0.05, 0.1) is 6.54 Å². The highest BCUT2D eigenvalue weighted by molar-refractivity contribution is 5.94. The average molecular weight is 392 g/mol. The molecule has 1 heterocycles. The number of carbonyl (C=O) groups is 2. The zero-order chi connectivity index (χ0) is 20.3. The lowest BCUT2D eigenvalue weighted by Gasteiger charge is -2.25. The molecule has 0 saturated carbocycles. The molecule has 0 saturated heterocycles. The van der Waals surface area contributed by atoms with Gasteiger partial charge in [-0.1, -0.05) is 18.2 Å². The number of aryl methyl sites for hydroxylation is 2. The van der Waals surface area contributed by atoms with Gasteiger partial charge in [0.25, 0.3) is 0 Å². The number of halogens is 3. The van der Waals surface area contributed by atoms with E-state index in [4.69, 9.17) is 0 Å². The smallest absolute Gasteiger partial charge is 0.347 e. The van der Waals surface area contributed by atoms with E-state index in [0.717, 1.165) is 0 Å². The molecule has 9 heteroatoms. The van der Waals surface area contributed by atoms with Crippen molar-refractivity contribution in [3.63, 3.8) is 0 Å². The summed E-state index contributed by atoms with van der Waals surface area (Å²) in [4.78, 5) is 31.9. The average Bonchev–Trinajstić information content (AvgIpc) is 2.65. The van der Waals surface area contributed by atoms with Crippen molar-refractivity contribution in [2.24, 2.45) is 5.92 Å². The maximum absolute atomic E-state index is 13.3. The van der Waals surface area contributed by atoms with Crippen LogP contribution in [0.4, 0.5) is 18.9 Å². The molecule has 1 atom stereocenters. The first-order valence-corrected chi connectivity index (χ1v) is 8.80. The molecular formula is C19H19F3N4O2. The molecule has 1 aliphatic rings. The summed E-state index contributed by atoms with van der Waals surface area (Å²) in [5, 5.41) is 5.13. The standard InChI is InChI=1S/C19H19F3N4O2/c1-11-24-15-8-7-12(9-14(15)17(25-11)19(20,21)22)18(28)23-10-16(27)26-13-5-3-2-4-6-13/h2-6,12H,7-10H2,1H3,(H,23,28)(H,26,27). The normalized spacial score (nSPS) is 16.2. The summed E-state index contributed by atoms with van der Waals surface area (Å²) >= 11 is 0. The van der Waals surface area contributed by atoms with Gasteiger partial charge >= 0.3 is 6.18 Å². The third kappa shape index (κ3) is 4.65. The molecule has 3 rings (SSSR count). The zero-order valence-corrected chi connectivity index (χ0v) is 15.1. The van der Waals surface area contributed by atoms with Gasteiger partial charge in [0, 0.05) is 22.9 Å². The number of aromatic nitrogens is 2. The molecule has 2 aromatic rings. The van der Waals surface area contributed by atoms with Crippen LogP contribution in [0.25, 0.3) is 0 Å². The topological polar surface area (TPSA) is 84.0 Å². The van der Waals surface area contributed by atoms with Gasteiger partial charge in [-0.25, -0.2) is 9.97 Å². The lowest BCUT2D eigenvalue weighted by Crippen LogP contribution is -2.39. The predicted octanol–water partition coefficient (Wildman–Crippen LogP) is 2.66. The number of fused-ring (bicyclic) bond motifs is 1. The number of amides is 2. The van der Waals surface area contributed by atoms with Crippen molar-refractivity contribution in [2.45, 2.75) is 32.4 Å². The van der Waals surface area contributed by atoms with Gasteiger partial charge in [0.1, 0.15) is 5.82 Å². The van der Waals surface area contributed by atoms with E-state index in [9.17, 15) is 22.8 Å². The number of nitrogens with zero attached hydrogens (tertiary/aromatic N) is 2. The van der Waals surface area contributed by atoms with Crippen molar-refractivity contribution < 1.29 is 22.8 Å². The van der Waals surface area contributed by atoms with E-state index in [0.29, 0.717) is 17.8 Å². The molecule has 1 aromatic heterocycles. The number of alkyl halides is 3. The summed E-state index contributed by atoms with van der Waals surface area (Å²) in [5.41, 5.74) is -0.0751. The van der Waals surface area contributed by atoms with Crippen molar-refractivity contribution in [2.75, 3.05) is 11.9 Å². The quantitative estimate of drug-likeness (QED) is 0.838. The van der Waals surface area contributed by atoms with Crippen LogP contribution in [-0.2, 0) is 28.6 Å². The van der Waals surface area contributed by atoms with Crippen LogP contribution in [0.15, 0.2) is 30.3 Å². The highest BCUT2D eigenvalue weighted by Crippen LogP contribution is 2.35. The minimum Gasteiger partial charge on any atom is -0.347 e. The first-order valence-electron chi connectivity index (χ1n) is 8.80. The van der Waals surface area contributed by atoms with E-state index in [1.54, 1.807) is 30.3 Å². The zero-order valence-electron chi connectivity index (χ0n) is 15.1. The van der Waals surface area contributed by atoms with Gasteiger partial charge in [-0.2, -0.15) is 13.2 Å². The molecule has 0 spiro atoms. The van der Waals surface area contributed by atoms with Crippen LogP contribution >= 0.6 is 0 Å². The van der Waals surface area contributed by atoms with Crippen LogP contribution in [-0.4, -0.2) is 28.3 Å². The SMILES string of the molecule is Cc1nc2c(c(C(F)(F)F)n1)CC(C(=O)NCC(=O)Nc1ccccc1)CC2. The highest BCUT2D eigenvalue weighted by atomic mass is 19.4. The molecular weight excluding hydrogens is 373 g/mol. The Morgan fingerprint density at radius 3 is 2.57 bits per heavy atom. The largest absolute Gasteiger partial charge is 0.433 e. The van der Waals surface area contributed by atoms with Crippen LogP contribution in [0.3, 0.4) is 0 Å². The van der Waals surface area contributed by atoms with Gasteiger partial charge in [0.15, 0.2) is 5.69 Å². The predicted molar refractivity (Wildman–Crippen MR) is 95.4 cm³/mol. The monoisotopic (exact) mass is 392 g/mol. The third-order valence-electron chi connectivity index (χ3n) is 4.50. The van der Waals surface area contributed by atoms with E-state index in [-0.39, 0.29) is 30.8 Å². The summed E-state index contributed by atoms with van der Waals surface area (Å²) in [7, 11) is 0. The molecule has 2 amide bonds. The number of nitrogens with one attached hydrogen (secondary N) is 2. The van der Waals surface area contributed by atoms with E-state index < -0.39 is 29.6 Å².